The molecule has 1 amide bonds. The number of rotatable bonds is 5. The Morgan fingerprint density at radius 1 is 1.15 bits per heavy atom. The number of methoxy groups -OCH3 is 2. The van der Waals surface area contributed by atoms with Crippen LogP contribution in [0.1, 0.15) is 16.1 Å². The van der Waals surface area contributed by atoms with Crippen molar-refractivity contribution < 1.29 is 14.3 Å². The molecule has 0 bridgehead atoms. The van der Waals surface area contributed by atoms with Crippen LogP contribution in [0, 0.1) is 6.92 Å². The number of anilines is 2. The molecule has 0 saturated heterocycles. The minimum absolute atomic E-state index is 0.0260. The first-order chi connectivity index (χ1) is 12.5. The van der Waals surface area contributed by atoms with Crippen LogP contribution in [0.5, 0.6) is 11.5 Å². The van der Waals surface area contributed by atoms with Gasteiger partial charge in [0.05, 0.1) is 25.6 Å². The molecule has 0 radical (unpaired) electrons. The number of nitrogens with one attached hydrogen (secondary N) is 1. The molecule has 3 aromatic rings. The van der Waals surface area contributed by atoms with Crippen molar-refractivity contribution in [3.8, 4) is 17.2 Å². The number of para-hydroxylation sites is 1. The van der Waals surface area contributed by atoms with Gasteiger partial charge in [-0.05, 0) is 30.7 Å². The second kappa shape index (κ2) is 7.14. The summed E-state index contributed by atoms with van der Waals surface area (Å²) in [6.45, 7) is 1.93. The second-order valence-corrected chi connectivity index (χ2v) is 5.54. The van der Waals surface area contributed by atoms with Crippen LogP contribution in [0.15, 0.2) is 42.5 Å². The number of ether oxygens (including phenoxy) is 2. The average Bonchev–Trinajstić information content (AvgIpc) is 3.03. The summed E-state index contributed by atoms with van der Waals surface area (Å²) in [6.07, 6.45) is 0. The molecule has 0 aliphatic rings. The van der Waals surface area contributed by atoms with Gasteiger partial charge in [-0.15, -0.1) is 5.10 Å². The van der Waals surface area contributed by atoms with Crippen LogP contribution in [-0.2, 0) is 0 Å². The molecule has 0 saturated carbocycles. The van der Waals surface area contributed by atoms with Crippen LogP contribution < -0.4 is 20.5 Å². The Bertz CT molecular complexity index is 952. The van der Waals surface area contributed by atoms with E-state index in [1.165, 1.54) is 11.8 Å². The number of carbonyl (C=O) groups is 1. The molecule has 2 aromatic carbocycles. The van der Waals surface area contributed by atoms with Crippen LogP contribution >= 0.6 is 0 Å². The summed E-state index contributed by atoms with van der Waals surface area (Å²) in [5.41, 5.74) is 8.30. The van der Waals surface area contributed by atoms with Crippen molar-refractivity contribution in [2.75, 3.05) is 25.3 Å². The monoisotopic (exact) mass is 353 g/mol. The summed E-state index contributed by atoms with van der Waals surface area (Å²) in [5, 5.41) is 10.7. The maximum atomic E-state index is 12.6. The largest absolute Gasteiger partial charge is 0.497 e. The Morgan fingerprint density at radius 3 is 2.62 bits per heavy atom. The van der Waals surface area contributed by atoms with Crippen molar-refractivity contribution in [2.24, 2.45) is 0 Å². The average molecular weight is 353 g/mol. The van der Waals surface area contributed by atoms with E-state index in [2.05, 4.69) is 15.6 Å². The molecule has 0 unspecified atom stereocenters. The van der Waals surface area contributed by atoms with Crippen LogP contribution in [0.25, 0.3) is 5.69 Å². The number of hydrogen-bond acceptors (Lipinski definition) is 6. The maximum absolute atomic E-state index is 12.6. The topological polar surface area (TPSA) is 104 Å². The Kier molecular flexibility index (Phi) is 4.74. The van der Waals surface area contributed by atoms with E-state index in [-0.39, 0.29) is 11.5 Å². The fraction of sp³-hybridized carbons (Fsp3) is 0.167. The van der Waals surface area contributed by atoms with E-state index in [1.54, 1.807) is 25.3 Å². The van der Waals surface area contributed by atoms with E-state index in [4.69, 9.17) is 15.2 Å². The Hall–Kier alpha value is -3.55. The molecule has 0 aliphatic carbocycles. The molecule has 1 heterocycles. The molecule has 26 heavy (non-hydrogen) atoms. The molecule has 3 N–H and O–H groups in total. The molecule has 0 fully saturated rings. The van der Waals surface area contributed by atoms with E-state index in [9.17, 15) is 4.79 Å². The minimum atomic E-state index is -0.492. The van der Waals surface area contributed by atoms with Crippen LogP contribution in [-0.4, -0.2) is 35.1 Å². The predicted molar refractivity (Wildman–Crippen MR) is 98.0 cm³/mol. The van der Waals surface area contributed by atoms with Crippen LogP contribution in [0.3, 0.4) is 0 Å². The van der Waals surface area contributed by atoms with E-state index in [1.807, 2.05) is 31.2 Å². The zero-order chi connectivity index (χ0) is 18.7. The maximum Gasteiger partial charge on any atom is 0.280 e. The van der Waals surface area contributed by atoms with E-state index >= 15 is 0 Å². The van der Waals surface area contributed by atoms with Gasteiger partial charge in [-0.1, -0.05) is 23.4 Å². The van der Waals surface area contributed by atoms with Gasteiger partial charge in [-0.2, -0.15) is 4.68 Å². The number of nitrogen functional groups attached to an aromatic ring is 1. The van der Waals surface area contributed by atoms with E-state index in [0.717, 1.165) is 11.3 Å². The summed E-state index contributed by atoms with van der Waals surface area (Å²) in [5.74, 6) is 0.731. The third kappa shape index (κ3) is 3.16. The molecular formula is C18H19N5O3. The number of carbonyl (C=O) groups excluding carboxylic acids is 1. The number of amides is 1. The minimum Gasteiger partial charge on any atom is -0.497 e. The predicted octanol–water partition coefficient (Wildman–Crippen LogP) is 2.43. The van der Waals surface area contributed by atoms with Gasteiger partial charge < -0.3 is 20.5 Å². The standard InChI is InChI=1S/C18H19N5O3/c1-11-6-4-5-7-14(11)23-17(19)16(21-22-23)18(24)20-13-10-12(25-2)8-9-15(13)26-3/h4-10H,19H2,1-3H3,(H,20,24). The highest BCUT2D eigenvalue weighted by Gasteiger charge is 2.20. The van der Waals surface area contributed by atoms with Crippen molar-refractivity contribution in [2.45, 2.75) is 6.92 Å². The highest BCUT2D eigenvalue weighted by molar-refractivity contribution is 6.06. The number of nitrogens with zero attached hydrogens (tertiary/aromatic N) is 3. The highest BCUT2D eigenvalue weighted by atomic mass is 16.5. The summed E-state index contributed by atoms with van der Waals surface area (Å²) >= 11 is 0. The number of benzene rings is 2. The number of aromatic nitrogens is 3. The molecule has 8 heteroatoms. The highest BCUT2D eigenvalue weighted by Crippen LogP contribution is 2.29. The molecule has 0 atom stereocenters. The third-order valence-corrected chi connectivity index (χ3v) is 3.92. The molecule has 1 aromatic heterocycles. The molecule has 0 aliphatic heterocycles. The van der Waals surface area contributed by atoms with Gasteiger partial charge in [0, 0.05) is 6.07 Å². The van der Waals surface area contributed by atoms with E-state index < -0.39 is 5.91 Å². The van der Waals surface area contributed by atoms with E-state index in [0.29, 0.717) is 17.2 Å². The van der Waals surface area contributed by atoms with Gasteiger partial charge in [0.25, 0.3) is 5.91 Å². The molecular weight excluding hydrogens is 334 g/mol. The summed E-state index contributed by atoms with van der Waals surface area (Å²) < 4.78 is 11.9. The lowest BCUT2D eigenvalue weighted by molar-refractivity contribution is 0.102. The summed E-state index contributed by atoms with van der Waals surface area (Å²) in [4.78, 5) is 12.6. The fourth-order valence-electron chi connectivity index (χ4n) is 2.52. The Morgan fingerprint density at radius 2 is 1.92 bits per heavy atom. The first-order valence-corrected chi connectivity index (χ1v) is 7.85. The lowest BCUT2D eigenvalue weighted by Gasteiger charge is -2.11. The number of aryl methyl sites for hydroxylation is 1. The first kappa shape index (κ1) is 17.3. The lowest BCUT2D eigenvalue weighted by Crippen LogP contribution is -2.15. The zero-order valence-corrected chi connectivity index (χ0v) is 14.7. The van der Waals surface area contributed by atoms with Crippen molar-refractivity contribution in [1.29, 1.82) is 0 Å². The van der Waals surface area contributed by atoms with Crippen molar-refractivity contribution in [3.63, 3.8) is 0 Å². The number of hydrogen-bond donors (Lipinski definition) is 2. The van der Waals surface area contributed by atoms with Gasteiger partial charge in [-0.25, -0.2) is 0 Å². The summed E-state index contributed by atoms with van der Waals surface area (Å²) in [6, 6.07) is 12.6. The molecule has 0 spiro atoms. The SMILES string of the molecule is COc1ccc(OC)c(NC(=O)c2nnn(-c3ccccc3C)c2N)c1. The number of nitrogens with two attached hydrogens (primary N) is 1. The molecule has 3 rings (SSSR count). The van der Waals surface area contributed by atoms with Crippen LogP contribution in [0.2, 0.25) is 0 Å². The van der Waals surface area contributed by atoms with Gasteiger partial charge in [0.1, 0.15) is 11.5 Å². The molecule has 134 valence electrons. The lowest BCUT2D eigenvalue weighted by atomic mass is 10.2. The normalized spacial score (nSPS) is 10.4. The van der Waals surface area contributed by atoms with Crippen molar-refractivity contribution in [1.82, 2.24) is 15.0 Å². The smallest absolute Gasteiger partial charge is 0.280 e. The third-order valence-electron chi connectivity index (χ3n) is 3.92. The van der Waals surface area contributed by atoms with Gasteiger partial charge >= 0.3 is 0 Å². The van der Waals surface area contributed by atoms with Gasteiger partial charge in [-0.3, -0.25) is 4.79 Å². The Balaban J connectivity index is 1.92. The van der Waals surface area contributed by atoms with Crippen molar-refractivity contribution >= 4 is 17.4 Å². The van der Waals surface area contributed by atoms with Gasteiger partial charge in [0.2, 0.25) is 0 Å². The quantitative estimate of drug-likeness (QED) is 0.730. The molecule has 8 nitrogen and oxygen atoms in total. The zero-order valence-electron chi connectivity index (χ0n) is 14.7. The summed E-state index contributed by atoms with van der Waals surface area (Å²) in [7, 11) is 3.06. The van der Waals surface area contributed by atoms with Crippen molar-refractivity contribution in [3.05, 3.63) is 53.7 Å². The first-order valence-electron chi connectivity index (χ1n) is 7.85. The second-order valence-electron chi connectivity index (χ2n) is 5.54. The van der Waals surface area contributed by atoms with Crippen LogP contribution in [0.4, 0.5) is 11.5 Å². The van der Waals surface area contributed by atoms with Gasteiger partial charge in [0.15, 0.2) is 11.5 Å². The fourth-order valence-corrected chi connectivity index (χ4v) is 2.52. The Labute approximate surface area is 150 Å².